The van der Waals surface area contributed by atoms with Crippen LogP contribution in [-0.4, -0.2) is 41.2 Å². The summed E-state index contributed by atoms with van der Waals surface area (Å²) in [4.78, 5) is 22.8. The fourth-order valence-electron chi connectivity index (χ4n) is 2.40. The number of benzene rings is 1. The minimum atomic E-state index is -1.37. The Labute approximate surface area is 115 Å². The Bertz CT molecular complexity index is 500. The van der Waals surface area contributed by atoms with Gasteiger partial charge in [-0.25, -0.2) is 4.79 Å². The second-order valence-electron chi connectivity index (χ2n) is 5.02. The number of ether oxygens (including phenoxy) is 2. The van der Waals surface area contributed by atoms with Crippen LogP contribution in [0.4, 0.5) is 0 Å². The van der Waals surface area contributed by atoms with Crippen molar-refractivity contribution in [1.29, 1.82) is 0 Å². The zero-order valence-corrected chi connectivity index (χ0v) is 11.0. The number of carboxylic acids is 2. The minimum absolute atomic E-state index is 0.168. The van der Waals surface area contributed by atoms with Gasteiger partial charge in [-0.3, -0.25) is 4.79 Å². The quantitative estimate of drug-likeness (QED) is 0.840. The number of hydrogen-bond donors (Lipinski definition) is 2. The highest BCUT2D eigenvalue weighted by molar-refractivity contribution is 5.79. The van der Waals surface area contributed by atoms with Crippen molar-refractivity contribution >= 4 is 11.9 Å². The van der Waals surface area contributed by atoms with Gasteiger partial charge in [0.25, 0.3) is 0 Å². The molecule has 3 unspecified atom stereocenters. The first-order chi connectivity index (χ1) is 9.45. The molecule has 0 spiro atoms. The summed E-state index contributed by atoms with van der Waals surface area (Å²) in [5, 5.41) is 18.6. The molecule has 1 aromatic carbocycles. The molecular weight excluding hydrogens is 264 g/mol. The Hall–Kier alpha value is -1.92. The van der Waals surface area contributed by atoms with Crippen LogP contribution < -0.4 is 0 Å². The molecule has 2 rings (SSSR count). The predicted octanol–water partition coefficient (Wildman–Crippen LogP) is 1.15. The number of hydrogen-bond acceptors (Lipinski definition) is 4. The summed E-state index contributed by atoms with van der Waals surface area (Å²) >= 11 is 0. The predicted molar refractivity (Wildman–Crippen MR) is 68.1 cm³/mol. The van der Waals surface area contributed by atoms with Gasteiger partial charge in [0.1, 0.15) is 12.9 Å². The van der Waals surface area contributed by atoms with E-state index in [2.05, 4.69) is 0 Å². The SMILES string of the molecule is CC(Cc1ccccc1)(C(=O)O)C1OCOC1C(=O)O. The van der Waals surface area contributed by atoms with Crippen molar-refractivity contribution in [2.45, 2.75) is 25.6 Å². The highest BCUT2D eigenvalue weighted by Gasteiger charge is 2.52. The summed E-state index contributed by atoms with van der Waals surface area (Å²) in [7, 11) is 0. The largest absolute Gasteiger partial charge is 0.481 e. The van der Waals surface area contributed by atoms with Crippen LogP contribution >= 0.6 is 0 Å². The van der Waals surface area contributed by atoms with Crippen LogP contribution in [0.1, 0.15) is 12.5 Å². The standard InChI is InChI=1S/C14H16O6/c1-14(13(17)18,7-9-5-3-2-4-6-9)11-10(12(15)16)19-8-20-11/h2-6,10-11H,7-8H2,1H3,(H,15,16)(H,17,18). The van der Waals surface area contributed by atoms with Crippen LogP contribution in [0.5, 0.6) is 0 Å². The van der Waals surface area contributed by atoms with Gasteiger partial charge in [0.15, 0.2) is 6.10 Å². The third-order valence-corrected chi connectivity index (χ3v) is 3.54. The molecule has 6 heteroatoms. The first-order valence-corrected chi connectivity index (χ1v) is 6.18. The Kier molecular flexibility index (Phi) is 4.06. The molecule has 1 aliphatic rings. The van der Waals surface area contributed by atoms with Gasteiger partial charge in [-0.15, -0.1) is 0 Å². The van der Waals surface area contributed by atoms with Crippen LogP contribution in [-0.2, 0) is 25.5 Å². The highest BCUT2D eigenvalue weighted by atomic mass is 16.7. The van der Waals surface area contributed by atoms with E-state index in [9.17, 15) is 14.7 Å². The number of aliphatic carboxylic acids is 2. The molecule has 3 atom stereocenters. The van der Waals surface area contributed by atoms with Crippen molar-refractivity contribution in [1.82, 2.24) is 0 Å². The van der Waals surface area contributed by atoms with Crippen LogP contribution in [0.15, 0.2) is 30.3 Å². The zero-order chi connectivity index (χ0) is 14.8. The average molecular weight is 280 g/mol. The smallest absolute Gasteiger partial charge is 0.335 e. The molecule has 1 aliphatic heterocycles. The second kappa shape index (κ2) is 5.60. The third-order valence-electron chi connectivity index (χ3n) is 3.54. The molecule has 0 amide bonds. The average Bonchev–Trinajstić information content (AvgIpc) is 2.89. The number of rotatable bonds is 5. The Balaban J connectivity index is 2.29. The molecule has 20 heavy (non-hydrogen) atoms. The molecular formula is C14H16O6. The van der Waals surface area contributed by atoms with E-state index < -0.39 is 29.6 Å². The monoisotopic (exact) mass is 280 g/mol. The van der Waals surface area contributed by atoms with Crippen LogP contribution in [0.3, 0.4) is 0 Å². The molecule has 0 aliphatic carbocycles. The summed E-state index contributed by atoms with van der Waals surface area (Å²) < 4.78 is 10.2. The topological polar surface area (TPSA) is 93.1 Å². The van der Waals surface area contributed by atoms with Gasteiger partial charge in [-0.05, 0) is 18.9 Å². The van der Waals surface area contributed by atoms with Crippen LogP contribution in [0, 0.1) is 5.41 Å². The summed E-state index contributed by atoms with van der Waals surface area (Å²) in [6.07, 6.45) is -2.13. The molecule has 1 aromatic rings. The molecule has 1 heterocycles. The Morgan fingerprint density at radius 3 is 2.45 bits per heavy atom. The summed E-state index contributed by atoms with van der Waals surface area (Å²) in [5.41, 5.74) is -0.571. The van der Waals surface area contributed by atoms with E-state index in [0.717, 1.165) is 5.56 Å². The van der Waals surface area contributed by atoms with Gasteiger partial charge in [-0.2, -0.15) is 0 Å². The molecule has 1 saturated heterocycles. The molecule has 108 valence electrons. The minimum Gasteiger partial charge on any atom is -0.481 e. The van der Waals surface area contributed by atoms with E-state index in [1.807, 2.05) is 6.07 Å². The number of carboxylic acid groups (broad SMARTS) is 2. The number of carbonyl (C=O) groups is 2. The summed E-state index contributed by atoms with van der Waals surface area (Å²) in [6, 6.07) is 9.03. The molecule has 0 aromatic heterocycles. The molecule has 0 saturated carbocycles. The second-order valence-corrected chi connectivity index (χ2v) is 5.02. The van der Waals surface area contributed by atoms with E-state index in [4.69, 9.17) is 14.6 Å². The molecule has 0 radical (unpaired) electrons. The lowest BCUT2D eigenvalue weighted by atomic mass is 9.76. The highest BCUT2D eigenvalue weighted by Crippen LogP contribution is 2.35. The van der Waals surface area contributed by atoms with Gasteiger partial charge < -0.3 is 19.7 Å². The lowest BCUT2D eigenvalue weighted by Crippen LogP contribution is -2.49. The van der Waals surface area contributed by atoms with Gasteiger partial charge in [-0.1, -0.05) is 30.3 Å². The van der Waals surface area contributed by atoms with Crippen LogP contribution in [0.2, 0.25) is 0 Å². The normalized spacial score (nSPS) is 25.1. The molecule has 0 bridgehead atoms. The zero-order valence-electron chi connectivity index (χ0n) is 11.0. The Morgan fingerprint density at radius 2 is 1.90 bits per heavy atom. The summed E-state index contributed by atoms with van der Waals surface area (Å²) in [6.45, 7) is 1.27. The molecule has 1 fully saturated rings. The van der Waals surface area contributed by atoms with Crippen molar-refractivity contribution in [3.8, 4) is 0 Å². The van der Waals surface area contributed by atoms with Crippen molar-refractivity contribution in [3.05, 3.63) is 35.9 Å². The van der Waals surface area contributed by atoms with Crippen molar-refractivity contribution in [2.75, 3.05) is 6.79 Å². The maximum atomic E-state index is 11.7. The van der Waals surface area contributed by atoms with Crippen molar-refractivity contribution in [2.24, 2.45) is 5.41 Å². The van der Waals surface area contributed by atoms with Crippen LogP contribution in [0.25, 0.3) is 0 Å². The summed E-state index contributed by atoms with van der Waals surface area (Å²) in [5.74, 6) is -2.32. The maximum absolute atomic E-state index is 11.7. The van der Waals surface area contributed by atoms with E-state index in [-0.39, 0.29) is 13.2 Å². The first-order valence-electron chi connectivity index (χ1n) is 6.18. The lowest BCUT2D eigenvalue weighted by Gasteiger charge is -2.31. The molecule has 6 nitrogen and oxygen atoms in total. The molecule has 2 N–H and O–H groups in total. The fraction of sp³-hybridized carbons (Fsp3) is 0.429. The first kappa shape index (κ1) is 14.5. The van der Waals surface area contributed by atoms with Gasteiger partial charge in [0.05, 0.1) is 5.41 Å². The van der Waals surface area contributed by atoms with Crippen molar-refractivity contribution < 1.29 is 29.3 Å². The van der Waals surface area contributed by atoms with Gasteiger partial charge >= 0.3 is 11.9 Å². The van der Waals surface area contributed by atoms with Crippen molar-refractivity contribution in [3.63, 3.8) is 0 Å². The van der Waals surface area contributed by atoms with E-state index in [1.54, 1.807) is 24.3 Å². The van der Waals surface area contributed by atoms with Gasteiger partial charge in [0, 0.05) is 0 Å². The van der Waals surface area contributed by atoms with E-state index in [0.29, 0.717) is 0 Å². The fourth-order valence-corrected chi connectivity index (χ4v) is 2.40. The Morgan fingerprint density at radius 1 is 1.25 bits per heavy atom. The lowest BCUT2D eigenvalue weighted by molar-refractivity contribution is -0.160. The third kappa shape index (κ3) is 2.66. The van der Waals surface area contributed by atoms with Gasteiger partial charge in [0.2, 0.25) is 0 Å². The van der Waals surface area contributed by atoms with E-state index in [1.165, 1.54) is 6.92 Å². The maximum Gasteiger partial charge on any atom is 0.335 e. The van der Waals surface area contributed by atoms with E-state index >= 15 is 0 Å².